The van der Waals surface area contributed by atoms with Crippen molar-refractivity contribution in [3.63, 3.8) is 0 Å². The third kappa shape index (κ3) is 11.1. The molecule has 21 heavy (non-hydrogen) atoms. The number of hydrogen-bond acceptors (Lipinski definition) is 3. The van der Waals surface area contributed by atoms with Gasteiger partial charge in [-0.3, -0.25) is 0 Å². The van der Waals surface area contributed by atoms with Crippen LogP contribution in [0, 0.1) is 5.92 Å². The van der Waals surface area contributed by atoms with E-state index in [2.05, 4.69) is 56.7 Å². The van der Waals surface area contributed by atoms with Crippen molar-refractivity contribution in [2.45, 2.75) is 66.8 Å². The first kappa shape index (κ1) is 20.9. The normalized spacial score (nSPS) is 13.6. The molecule has 0 bridgehead atoms. The molecule has 3 heteroatoms. The van der Waals surface area contributed by atoms with Crippen LogP contribution in [-0.4, -0.2) is 61.7 Å². The zero-order valence-corrected chi connectivity index (χ0v) is 15.6. The zero-order chi connectivity index (χ0) is 16.1. The molecule has 0 saturated carbocycles. The standard InChI is InChI=1S/C18H41N3/c1-7-20(8-2)14-11-15-21(9-3)18(6)12-10-13-19-16-17(4)5/h17-19H,7-16H2,1-6H3. The average Bonchev–Trinajstić information content (AvgIpc) is 2.46. The minimum absolute atomic E-state index is 0.715. The van der Waals surface area contributed by atoms with Crippen molar-refractivity contribution in [1.29, 1.82) is 0 Å². The Morgan fingerprint density at radius 2 is 1.52 bits per heavy atom. The van der Waals surface area contributed by atoms with E-state index in [1.807, 2.05) is 0 Å². The van der Waals surface area contributed by atoms with E-state index in [0.717, 1.165) is 12.5 Å². The molecule has 0 saturated heterocycles. The minimum Gasteiger partial charge on any atom is -0.316 e. The topological polar surface area (TPSA) is 18.5 Å². The molecule has 0 aromatic carbocycles. The predicted octanol–water partition coefficient (Wildman–Crippen LogP) is 3.45. The highest BCUT2D eigenvalue weighted by Crippen LogP contribution is 2.07. The van der Waals surface area contributed by atoms with Crippen LogP contribution in [0.2, 0.25) is 0 Å². The van der Waals surface area contributed by atoms with Crippen molar-refractivity contribution in [3.05, 3.63) is 0 Å². The molecule has 1 unspecified atom stereocenters. The maximum atomic E-state index is 3.55. The van der Waals surface area contributed by atoms with E-state index in [9.17, 15) is 0 Å². The quantitative estimate of drug-likeness (QED) is 0.496. The lowest BCUT2D eigenvalue weighted by Gasteiger charge is -2.29. The summed E-state index contributed by atoms with van der Waals surface area (Å²) in [5.41, 5.74) is 0. The smallest absolute Gasteiger partial charge is 0.00672 e. The molecule has 0 heterocycles. The second-order valence-corrected chi connectivity index (χ2v) is 6.60. The summed E-state index contributed by atoms with van der Waals surface area (Å²) >= 11 is 0. The first-order valence-electron chi connectivity index (χ1n) is 9.22. The van der Waals surface area contributed by atoms with Crippen LogP contribution in [0.5, 0.6) is 0 Å². The SMILES string of the molecule is CCN(CC)CCCN(CC)C(C)CCCNCC(C)C. The molecule has 3 nitrogen and oxygen atoms in total. The molecule has 0 amide bonds. The van der Waals surface area contributed by atoms with Gasteiger partial charge in [0.15, 0.2) is 0 Å². The van der Waals surface area contributed by atoms with E-state index in [1.165, 1.54) is 58.5 Å². The van der Waals surface area contributed by atoms with Crippen LogP contribution >= 0.6 is 0 Å². The number of nitrogens with zero attached hydrogens (tertiary/aromatic N) is 2. The summed E-state index contributed by atoms with van der Waals surface area (Å²) in [7, 11) is 0. The number of rotatable bonds is 14. The van der Waals surface area contributed by atoms with Crippen LogP contribution in [0.4, 0.5) is 0 Å². The van der Waals surface area contributed by atoms with E-state index < -0.39 is 0 Å². The van der Waals surface area contributed by atoms with Crippen LogP contribution < -0.4 is 5.32 Å². The Labute approximate surface area is 134 Å². The molecule has 128 valence electrons. The third-order valence-electron chi connectivity index (χ3n) is 4.37. The summed E-state index contributed by atoms with van der Waals surface area (Å²) in [6.45, 7) is 22.1. The van der Waals surface area contributed by atoms with Crippen molar-refractivity contribution in [1.82, 2.24) is 15.1 Å². The second-order valence-electron chi connectivity index (χ2n) is 6.60. The van der Waals surface area contributed by atoms with Crippen LogP contribution in [-0.2, 0) is 0 Å². The van der Waals surface area contributed by atoms with Gasteiger partial charge in [-0.05, 0) is 77.9 Å². The Balaban J connectivity index is 3.77. The zero-order valence-electron chi connectivity index (χ0n) is 15.6. The Morgan fingerprint density at radius 3 is 2.05 bits per heavy atom. The van der Waals surface area contributed by atoms with Crippen LogP contribution in [0.3, 0.4) is 0 Å². The Kier molecular flexibility index (Phi) is 13.5. The molecule has 1 atom stereocenters. The fraction of sp³-hybridized carbons (Fsp3) is 1.00. The molecule has 0 radical (unpaired) electrons. The van der Waals surface area contributed by atoms with Gasteiger partial charge in [0, 0.05) is 6.04 Å². The predicted molar refractivity (Wildman–Crippen MR) is 96.1 cm³/mol. The van der Waals surface area contributed by atoms with Gasteiger partial charge < -0.3 is 15.1 Å². The number of nitrogens with one attached hydrogen (secondary N) is 1. The molecule has 0 aliphatic heterocycles. The molecule has 1 N–H and O–H groups in total. The van der Waals surface area contributed by atoms with Gasteiger partial charge in [0.2, 0.25) is 0 Å². The maximum Gasteiger partial charge on any atom is 0.00672 e. The van der Waals surface area contributed by atoms with Crippen LogP contribution in [0.1, 0.15) is 60.8 Å². The van der Waals surface area contributed by atoms with Crippen molar-refractivity contribution in [3.8, 4) is 0 Å². The molecule has 0 aliphatic rings. The summed E-state index contributed by atoms with van der Waals surface area (Å²) < 4.78 is 0. The molecule has 0 rings (SSSR count). The highest BCUT2D eigenvalue weighted by atomic mass is 15.2. The molecule has 0 aromatic heterocycles. The molecule has 0 fully saturated rings. The monoisotopic (exact) mass is 299 g/mol. The first-order valence-corrected chi connectivity index (χ1v) is 9.22. The van der Waals surface area contributed by atoms with E-state index in [4.69, 9.17) is 0 Å². The van der Waals surface area contributed by atoms with Crippen molar-refractivity contribution >= 4 is 0 Å². The van der Waals surface area contributed by atoms with E-state index in [0.29, 0.717) is 6.04 Å². The van der Waals surface area contributed by atoms with E-state index in [-0.39, 0.29) is 0 Å². The largest absolute Gasteiger partial charge is 0.316 e. The Hall–Kier alpha value is -0.120. The van der Waals surface area contributed by atoms with E-state index in [1.54, 1.807) is 0 Å². The maximum absolute atomic E-state index is 3.55. The average molecular weight is 300 g/mol. The summed E-state index contributed by atoms with van der Waals surface area (Å²) in [4.78, 5) is 5.17. The van der Waals surface area contributed by atoms with Gasteiger partial charge in [0.1, 0.15) is 0 Å². The molecule has 0 aromatic rings. The van der Waals surface area contributed by atoms with Crippen LogP contribution in [0.25, 0.3) is 0 Å². The molecule has 0 spiro atoms. The van der Waals surface area contributed by atoms with E-state index >= 15 is 0 Å². The molecule has 0 aliphatic carbocycles. The van der Waals surface area contributed by atoms with Gasteiger partial charge in [0.25, 0.3) is 0 Å². The van der Waals surface area contributed by atoms with Crippen LogP contribution in [0.15, 0.2) is 0 Å². The van der Waals surface area contributed by atoms with Crippen molar-refractivity contribution < 1.29 is 0 Å². The first-order chi connectivity index (χ1) is 10.0. The summed E-state index contributed by atoms with van der Waals surface area (Å²) in [6.07, 6.45) is 3.90. The lowest BCUT2D eigenvalue weighted by atomic mass is 10.1. The second kappa shape index (κ2) is 13.5. The lowest BCUT2D eigenvalue weighted by molar-refractivity contribution is 0.189. The fourth-order valence-electron chi connectivity index (χ4n) is 2.82. The molecular weight excluding hydrogens is 258 g/mol. The Bertz CT molecular complexity index is 215. The fourth-order valence-corrected chi connectivity index (χ4v) is 2.82. The third-order valence-corrected chi connectivity index (χ3v) is 4.37. The van der Waals surface area contributed by atoms with Gasteiger partial charge in [-0.1, -0.05) is 34.6 Å². The summed E-state index contributed by atoms with van der Waals surface area (Å²) in [5, 5.41) is 3.55. The highest BCUT2D eigenvalue weighted by Gasteiger charge is 2.11. The van der Waals surface area contributed by atoms with Gasteiger partial charge in [-0.2, -0.15) is 0 Å². The van der Waals surface area contributed by atoms with Gasteiger partial charge in [-0.25, -0.2) is 0 Å². The lowest BCUT2D eigenvalue weighted by Crippen LogP contribution is -2.36. The van der Waals surface area contributed by atoms with Crippen molar-refractivity contribution in [2.75, 3.05) is 45.8 Å². The van der Waals surface area contributed by atoms with Gasteiger partial charge >= 0.3 is 0 Å². The van der Waals surface area contributed by atoms with Crippen molar-refractivity contribution in [2.24, 2.45) is 5.92 Å². The van der Waals surface area contributed by atoms with Gasteiger partial charge in [-0.15, -0.1) is 0 Å². The number of hydrogen-bond donors (Lipinski definition) is 1. The van der Waals surface area contributed by atoms with Gasteiger partial charge in [0.05, 0.1) is 0 Å². The Morgan fingerprint density at radius 1 is 0.857 bits per heavy atom. The summed E-state index contributed by atoms with van der Waals surface area (Å²) in [5.74, 6) is 0.759. The highest BCUT2D eigenvalue weighted by molar-refractivity contribution is 4.68. The summed E-state index contributed by atoms with van der Waals surface area (Å²) in [6, 6.07) is 0.715. The minimum atomic E-state index is 0.715. The molecular formula is C18H41N3.